The van der Waals surface area contributed by atoms with Crippen molar-refractivity contribution in [3.63, 3.8) is 0 Å². The summed E-state index contributed by atoms with van der Waals surface area (Å²) < 4.78 is 13.3. The van der Waals surface area contributed by atoms with Crippen LogP contribution in [0.3, 0.4) is 0 Å². The zero-order valence-corrected chi connectivity index (χ0v) is 19.9. The summed E-state index contributed by atoms with van der Waals surface area (Å²) in [5.41, 5.74) is 5.56. The van der Waals surface area contributed by atoms with E-state index in [9.17, 15) is 4.79 Å². The van der Waals surface area contributed by atoms with Crippen molar-refractivity contribution in [1.82, 2.24) is 9.78 Å². The third-order valence-corrected chi connectivity index (χ3v) is 5.67. The molecule has 0 aliphatic carbocycles. The van der Waals surface area contributed by atoms with E-state index < -0.39 is 0 Å². The van der Waals surface area contributed by atoms with Crippen LogP contribution >= 0.6 is 0 Å². The Kier molecular flexibility index (Phi) is 9.86. The third-order valence-electron chi connectivity index (χ3n) is 5.67. The van der Waals surface area contributed by atoms with Gasteiger partial charge >= 0.3 is 0 Å². The monoisotopic (exact) mass is 450 g/mol. The van der Waals surface area contributed by atoms with E-state index in [0.717, 1.165) is 53.0 Å². The molecule has 33 heavy (non-hydrogen) atoms. The number of benzene rings is 2. The molecule has 1 atom stereocenters. The molecular weight excluding hydrogens is 412 g/mol. The molecule has 0 N–H and O–H groups in total. The second kappa shape index (κ2) is 12.4. The summed E-state index contributed by atoms with van der Waals surface area (Å²) >= 11 is 0. The Labute approximate surface area is 198 Å². The summed E-state index contributed by atoms with van der Waals surface area (Å²) in [5, 5.41) is 4.62. The van der Waals surface area contributed by atoms with Gasteiger partial charge in [0.15, 0.2) is 6.23 Å². The summed E-state index contributed by atoms with van der Waals surface area (Å²) in [7, 11) is 0. The summed E-state index contributed by atoms with van der Waals surface area (Å²) in [6, 6.07) is 16.1. The highest BCUT2D eigenvalue weighted by atomic mass is 16.5. The minimum absolute atomic E-state index is 0. The summed E-state index contributed by atoms with van der Waals surface area (Å²) in [6.07, 6.45) is 2.67. The molecule has 2 heterocycles. The van der Waals surface area contributed by atoms with Crippen LogP contribution in [0.2, 0.25) is 0 Å². The first-order chi connectivity index (χ1) is 15.5. The molecule has 1 aromatic heterocycles. The molecule has 1 unspecified atom stereocenters. The minimum Gasteiger partial charge on any atom is -0.489 e. The lowest BCUT2D eigenvalue weighted by atomic mass is 9.96. The molecule has 0 bridgehead atoms. The third kappa shape index (κ3) is 6.11. The molecule has 1 saturated heterocycles. The molecule has 1 fully saturated rings. The van der Waals surface area contributed by atoms with Crippen LogP contribution < -0.4 is 10.3 Å². The van der Waals surface area contributed by atoms with Gasteiger partial charge in [0.05, 0.1) is 5.69 Å². The summed E-state index contributed by atoms with van der Waals surface area (Å²) in [5.74, 6) is 0.812. The van der Waals surface area contributed by atoms with E-state index in [1.54, 1.807) is 0 Å². The van der Waals surface area contributed by atoms with Crippen LogP contribution in [0.5, 0.6) is 5.75 Å². The smallest absolute Gasteiger partial charge is 0.272 e. The summed E-state index contributed by atoms with van der Waals surface area (Å²) in [4.78, 5) is 13.0. The largest absolute Gasteiger partial charge is 0.489 e. The Hall–Kier alpha value is -2.92. The zero-order chi connectivity index (χ0) is 23.1. The fourth-order valence-corrected chi connectivity index (χ4v) is 4.06. The van der Waals surface area contributed by atoms with Gasteiger partial charge in [-0.05, 0) is 68.9 Å². The topological polar surface area (TPSA) is 53.4 Å². The van der Waals surface area contributed by atoms with Gasteiger partial charge in [0.1, 0.15) is 12.4 Å². The van der Waals surface area contributed by atoms with Crippen LogP contribution in [0.25, 0.3) is 11.1 Å². The van der Waals surface area contributed by atoms with Crippen LogP contribution in [0.4, 0.5) is 0 Å². The number of nitrogens with zero attached hydrogens (tertiary/aromatic N) is 2. The normalized spacial score (nSPS) is 15.1. The average Bonchev–Trinajstić information content (AvgIpc) is 2.84. The molecule has 1 aliphatic rings. The van der Waals surface area contributed by atoms with E-state index in [1.165, 1.54) is 4.68 Å². The first-order valence-electron chi connectivity index (χ1n) is 11.5. The lowest BCUT2D eigenvalue weighted by molar-refractivity contribution is -0.0428. The molecule has 0 spiro atoms. The molecule has 178 valence electrons. The van der Waals surface area contributed by atoms with Crippen LogP contribution in [0, 0.1) is 20.8 Å². The standard InChI is InChI=1S/C25H28N2O3.C2H6.CH4/c1-17-15-21(30-16-20-9-5-4-6-10-20)12-13-22(17)24-18(2)25(28)27(26-19(24)3)23-11-7-8-14-29-23;1-2;/h4-6,9-10,12-13,15,23H,7-8,11,14,16H2,1-3H3;1-2H3;1H4. The van der Waals surface area contributed by atoms with E-state index in [0.29, 0.717) is 18.8 Å². The van der Waals surface area contributed by atoms with Gasteiger partial charge in [-0.25, -0.2) is 4.68 Å². The fraction of sp³-hybridized carbons (Fsp3) is 0.429. The van der Waals surface area contributed by atoms with E-state index in [4.69, 9.17) is 9.47 Å². The molecular formula is C28H38N2O3. The van der Waals surface area contributed by atoms with E-state index in [-0.39, 0.29) is 19.2 Å². The number of ether oxygens (including phenoxy) is 2. The number of hydrogen-bond donors (Lipinski definition) is 0. The Morgan fingerprint density at radius 3 is 2.42 bits per heavy atom. The SMILES string of the molecule is C.CC.Cc1cc(OCc2ccccc2)ccc1-c1c(C)nn(C2CCCCO2)c(=O)c1C. The quantitative estimate of drug-likeness (QED) is 0.430. The molecule has 0 saturated carbocycles. The van der Waals surface area contributed by atoms with Crippen molar-refractivity contribution in [1.29, 1.82) is 0 Å². The van der Waals surface area contributed by atoms with Crippen molar-refractivity contribution in [2.24, 2.45) is 0 Å². The Balaban J connectivity index is 0.00000125. The highest BCUT2D eigenvalue weighted by Gasteiger charge is 2.22. The van der Waals surface area contributed by atoms with Gasteiger partial charge in [0.25, 0.3) is 5.56 Å². The van der Waals surface area contributed by atoms with Crippen molar-refractivity contribution in [2.75, 3.05) is 6.61 Å². The van der Waals surface area contributed by atoms with Crippen LogP contribution in [-0.4, -0.2) is 16.4 Å². The second-order valence-corrected chi connectivity index (χ2v) is 7.91. The zero-order valence-electron chi connectivity index (χ0n) is 19.9. The highest BCUT2D eigenvalue weighted by Crippen LogP contribution is 2.31. The molecule has 4 rings (SSSR count). The highest BCUT2D eigenvalue weighted by molar-refractivity contribution is 5.72. The average molecular weight is 451 g/mol. The van der Waals surface area contributed by atoms with Crippen LogP contribution in [0.1, 0.15) is 69.1 Å². The predicted molar refractivity (Wildman–Crippen MR) is 136 cm³/mol. The predicted octanol–water partition coefficient (Wildman–Crippen LogP) is 6.78. The fourth-order valence-electron chi connectivity index (χ4n) is 4.06. The maximum atomic E-state index is 13.0. The van der Waals surface area contributed by atoms with Crippen molar-refractivity contribution in [2.45, 2.75) is 74.1 Å². The molecule has 5 nitrogen and oxygen atoms in total. The van der Waals surface area contributed by atoms with Gasteiger partial charge in [-0.3, -0.25) is 4.79 Å². The molecule has 1 aliphatic heterocycles. The van der Waals surface area contributed by atoms with Crippen LogP contribution in [0.15, 0.2) is 53.3 Å². The molecule has 5 heteroatoms. The minimum atomic E-state index is -0.257. The Morgan fingerprint density at radius 1 is 1.06 bits per heavy atom. The number of aryl methyl sites for hydroxylation is 2. The van der Waals surface area contributed by atoms with Crippen molar-refractivity contribution >= 4 is 0 Å². The van der Waals surface area contributed by atoms with E-state index >= 15 is 0 Å². The lowest BCUT2D eigenvalue weighted by Gasteiger charge is -2.25. The van der Waals surface area contributed by atoms with Crippen molar-refractivity contribution in [3.8, 4) is 16.9 Å². The Bertz CT molecular complexity index is 1080. The first kappa shape index (κ1) is 26.3. The van der Waals surface area contributed by atoms with Gasteiger partial charge in [-0.2, -0.15) is 5.10 Å². The first-order valence-corrected chi connectivity index (χ1v) is 11.5. The maximum Gasteiger partial charge on any atom is 0.272 e. The molecule has 0 radical (unpaired) electrons. The van der Waals surface area contributed by atoms with Crippen LogP contribution in [-0.2, 0) is 11.3 Å². The van der Waals surface area contributed by atoms with Gasteiger partial charge in [-0.15, -0.1) is 0 Å². The number of aromatic nitrogens is 2. The number of hydrogen-bond acceptors (Lipinski definition) is 4. The van der Waals surface area contributed by atoms with Crippen molar-refractivity contribution < 1.29 is 9.47 Å². The second-order valence-electron chi connectivity index (χ2n) is 7.91. The molecule has 3 aromatic rings. The molecule has 0 amide bonds. The van der Waals surface area contributed by atoms with Gasteiger partial charge in [0.2, 0.25) is 0 Å². The van der Waals surface area contributed by atoms with E-state index in [1.807, 2.05) is 83.1 Å². The van der Waals surface area contributed by atoms with Gasteiger partial charge in [0, 0.05) is 17.7 Å². The molecule has 2 aromatic carbocycles. The van der Waals surface area contributed by atoms with E-state index in [2.05, 4.69) is 5.10 Å². The van der Waals surface area contributed by atoms with Gasteiger partial charge < -0.3 is 9.47 Å². The Morgan fingerprint density at radius 2 is 1.79 bits per heavy atom. The van der Waals surface area contributed by atoms with Crippen molar-refractivity contribution in [3.05, 3.63) is 81.3 Å². The maximum absolute atomic E-state index is 13.0. The number of rotatable bonds is 5. The van der Waals surface area contributed by atoms with Gasteiger partial charge in [-0.1, -0.05) is 57.7 Å². The lowest BCUT2D eigenvalue weighted by Crippen LogP contribution is -2.33. The summed E-state index contributed by atoms with van der Waals surface area (Å²) in [6.45, 7) is 11.1.